The molecule has 0 saturated carbocycles. The zero-order valence-corrected chi connectivity index (χ0v) is 19.0. The average Bonchev–Trinajstić information content (AvgIpc) is 3.47. The molecule has 0 bridgehead atoms. The summed E-state index contributed by atoms with van der Waals surface area (Å²) in [7, 11) is 1.64. The molecule has 2 saturated heterocycles. The molecule has 3 heterocycles. The summed E-state index contributed by atoms with van der Waals surface area (Å²) in [4.78, 5) is 40.9. The Kier molecular flexibility index (Phi) is 5.64. The Hall–Kier alpha value is -2.67. The van der Waals surface area contributed by atoms with Crippen molar-refractivity contribution in [2.24, 2.45) is 11.3 Å². The van der Waals surface area contributed by atoms with Gasteiger partial charge in [-0.25, -0.2) is 0 Å². The molecule has 1 aromatic heterocycles. The summed E-state index contributed by atoms with van der Waals surface area (Å²) in [6.07, 6.45) is 1.25. The molecule has 2 aromatic rings. The first kappa shape index (κ1) is 21.6. The topological polar surface area (TPSA) is 75.7 Å². The molecule has 0 aliphatic carbocycles. The number of amides is 2. The Bertz CT molecular complexity index is 984. The highest BCUT2D eigenvalue weighted by Crippen LogP contribution is 2.39. The van der Waals surface area contributed by atoms with Crippen LogP contribution in [0.5, 0.6) is 0 Å². The summed E-state index contributed by atoms with van der Waals surface area (Å²) in [6.45, 7) is 4.40. The van der Waals surface area contributed by atoms with Crippen molar-refractivity contribution in [1.29, 1.82) is 0 Å². The lowest BCUT2D eigenvalue weighted by molar-refractivity contribution is -0.148. The highest BCUT2D eigenvalue weighted by molar-refractivity contribution is 7.13. The van der Waals surface area contributed by atoms with Crippen molar-refractivity contribution in [3.63, 3.8) is 0 Å². The fraction of sp³-hybridized carbons (Fsp3) is 0.458. The minimum Gasteiger partial charge on any atom is -0.459 e. The SMILES string of the molecule is CNC(=O)[C@]1(Cc2ccc(-c3cccs3)cc2)CCN(C(=O)[C@@H]2CC(=O)OC2(C)C)C1. The maximum absolute atomic E-state index is 13.2. The lowest BCUT2D eigenvalue weighted by Crippen LogP contribution is -2.46. The summed E-state index contributed by atoms with van der Waals surface area (Å²) in [6, 6.07) is 12.4. The predicted molar refractivity (Wildman–Crippen MR) is 119 cm³/mol. The molecule has 0 spiro atoms. The van der Waals surface area contributed by atoms with E-state index in [1.165, 1.54) is 4.88 Å². The van der Waals surface area contributed by atoms with Gasteiger partial charge >= 0.3 is 5.97 Å². The number of nitrogens with one attached hydrogen (secondary N) is 1. The van der Waals surface area contributed by atoms with E-state index in [4.69, 9.17) is 4.74 Å². The zero-order chi connectivity index (χ0) is 22.2. The smallest absolute Gasteiger partial charge is 0.307 e. The van der Waals surface area contributed by atoms with Crippen LogP contribution in [0.1, 0.15) is 32.3 Å². The van der Waals surface area contributed by atoms with Crippen LogP contribution in [-0.2, 0) is 25.5 Å². The van der Waals surface area contributed by atoms with Gasteiger partial charge in [0.2, 0.25) is 11.8 Å². The molecule has 2 atom stereocenters. The van der Waals surface area contributed by atoms with Gasteiger partial charge in [-0.1, -0.05) is 30.3 Å². The average molecular weight is 441 g/mol. The monoisotopic (exact) mass is 440 g/mol. The molecule has 2 amide bonds. The second-order valence-corrected chi connectivity index (χ2v) is 10.0. The third-order valence-corrected chi connectivity index (χ3v) is 7.48. The first-order chi connectivity index (χ1) is 14.7. The largest absolute Gasteiger partial charge is 0.459 e. The van der Waals surface area contributed by atoms with Crippen LogP contribution in [0.15, 0.2) is 41.8 Å². The van der Waals surface area contributed by atoms with Gasteiger partial charge in [0, 0.05) is 25.0 Å². The van der Waals surface area contributed by atoms with Crippen molar-refractivity contribution in [3.05, 3.63) is 47.3 Å². The number of hydrogen-bond donors (Lipinski definition) is 1. The van der Waals surface area contributed by atoms with E-state index >= 15 is 0 Å². The van der Waals surface area contributed by atoms with Crippen molar-refractivity contribution < 1.29 is 19.1 Å². The van der Waals surface area contributed by atoms with E-state index in [9.17, 15) is 14.4 Å². The molecule has 6 nitrogen and oxygen atoms in total. The van der Waals surface area contributed by atoms with Crippen LogP contribution < -0.4 is 5.32 Å². The van der Waals surface area contributed by atoms with Crippen LogP contribution in [-0.4, -0.2) is 48.4 Å². The zero-order valence-electron chi connectivity index (χ0n) is 18.1. The van der Waals surface area contributed by atoms with E-state index < -0.39 is 16.9 Å². The lowest BCUT2D eigenvalue weighted by Gasteiger charge is -2.30. The Balaban J connectivity index is 1.52. The quantitative estimate of drug-likeness (QED) is 0.724. The van der Waals surface area contributed by atoms with Crippen molar-refractivity contribution in [3.8, 4) is 10.4 Å². The number of esters is 1. The van der Waals surface area contributed by atoms with Crippen molar-refractivity contribution >= 4 is 29.1 Å². The summed E-state index contributed by atoms with van der Waals surface area (Å²) in [5, 5.41) is 4.85. The fourth-order valence-corrected chi connectivity index (χ4v) is 5.51. The molecule has 7 heteroatoms. The van der Waals surface area contributed by atoms with Crippen LogP contribution in [0.4, 0.5) is 0 Å². The van der Waals surface area contributed by atoms with Crippen LogP contribution in [0.3, 0.4) is 0 Å². The Morgan fingerprint density at radius 2 is 1.97 bits per heavy atom. The third-order valence-electron chi connectivity index (χ3n) is 6.56. The number of cyclic esters (lactones) is 1. The highest BCUT2D eigenvalue weighted by atomic mass is 32.1. The molecule has 1 N–H and O–H groups in total. The normalized spacial score (nSPS) is 24.8. The van der Waals surface area contributed by atoms with Crippen LogP contribution >= 0.6 is 11.3 Å². The number of carbonyl (C=O) groups excluding carboxylic acids is 3. The second-order valence-electron chi connectivity index (χ2n) is 9.05. The van der Waals surface area contributed by atoms with E-state index in [0.717, 1.165) is 11.1 Å². The Labute approximate surface area is 186 Å². The first-order valence-corrected chi connectivity index (χ1v) is 11.5. The summed E-state index contributed by atoms with van der Waals surface area (Å²) < 4.78 is 5.34. The lowest BCUT2D eigenvalue weighted by atomic mass is 9.79. The van der Waals surface area contributed by atoms with Gasteiger partial charge < -0.3 is 15.0 Å². The number of thiophene rings is 1. The fourth-order valence-electron chi connectivity index (χ4n) is 4.78. The molecule has 164 valence electrons. The standard InChI is InChI=1S/C24H28N2O4S/c1-23(2)18(13-20(27)30-23)21(28)26-11-10-24(15-26,22(29)25-3)14-16-6-8-17(9-7-16)19-5-4-12-31-19/h4-9,12,18H,10-11,13-15H2,1-3H3,(H,25,29)/t18-,24-/m0/s1. The number of likely N-dealkylation sites (tertiary alicyclic amines) is 1. The van der Waals surface area contributed by atoms with Gasteiger partial charge in [0.05, 0.1) is 17.8 Å². The summed E-state index contributed by atoms with van der Waals surface area (Å²) >= 11 is 1.70. The molecule has 4 rings (SSSR count). The van der Waals surface area contributed by atoms with Gasteiger partial charge in [-0.15, -0.1) is 11.3 Å². The van der Waals surface area contributed by atoms with E-state index in [0.29, 0.717) is 25.9 Å². The van der Waals surface area contributed by atoms with Gasteiger partial charge in [0.1, 0.15) is 5.60 Å². The maximum atomic E-state index is 13.2. The highest BCUT2D eigenvalue weighted by Gasteiger charge is 2.51. The molecule has 2 aliphatic rings. The molecule has 2 fully saturated rings. The van der Waals surface area contributed by atoms with Gasteiger partial charge in [-0.2, -0.15) is 0 Å². The van der Waals surface area contributed by atoms with Crippen molar-refractivity contribution in [2.45, 2.75) is 38.7 Å². The number of hydrogen-bond acceptors (Lipinski definition) is 5. The Morgan fingerprint density at radius 1 is 1.23 bits per heavy atom. The van der Waals surface area contributed by atoms with Crippen molar-refractivity contribution in [1.82, 2.24) is 10.2 Å². The van der Waals surface area contributed by atoms with Gasteiger partial charge in [-0.05, 0) is 49.3 Å². The summed E-state index contributed by atoms with van der Waals surface area (Å²) in [5.41, 5.74) is 0.731. The molecule has 2 aliphatic heterocycles. The van der Waals surface area contributed by atoms with Crippen LogP contribution in [0.2, 0.25) is 0 Å². The van der Waals surface area contributed by atoms with E-state index in [-0.39, 0.29) is 24.2 Å². The summed E-state index contributed by atoms with van der Waals surface area (Å²) in [5.74, 6) is -1.01. The molecular weight excluding hydrogens is 412 g/mol. The van der Waals surface area contributed by atoms with E-state index in [2.05, 4.69) is 41.0 Å². The van der Waals surface area contributed by atoms with E-state index in [1.54, 1.807) is 37.1 Å². The van der Waals surface area contributed by atoms with Crippen LogP contribution in [0, 0.1) is 11.3 Å². The third kappa shape index (κ3) is 4.11. The number of nitrogens with zero attached hydrogens (tertiary/aromatic N) is 1. The maximum Gasteiger partial charge on any atom is 0.307 e. The van der Waals surface area contributed by atoms with Gasteiger partial charge in [0.25, 0.3) is 0 Å². The molecular formula is C24H28N2O4S. The molecule has 0 radical (unpaired) electrons. The number of carbonyl (C=O) groups is 3. The molecule has 0 unspecified atom stereocenters. The number of rotatable bonds is 5. The first-order valence-electron chi connectivity index (χ1n) is 10.6. The van der Waals surface area contributed by atoms with Crippen LogP contribution in [0.25, 0.3) is 10.4 Å². The minimum absolute atomic E-state index is 0.0526. The minimum atomic E-state index is -0.815. The number of benzene rings is 1. The Morgan fingerprint density at radius 3 is 2.55 bits per heavy atom. The number of ether oxygens (including phenoxy) is 1. The van der Waals surface area contributed by atoms with Crippen molar-refractivity contribution in [2.75, 3.05) is 20.1 Å². The molecule has 31 heavy (non-hydrogen) atoms. The van der Waals surface area contributed by atoms with Gasteiger partial charge in [0.15, 0.2) is 0 Å². The molecule has 1 aromatic carbocycles. The predicted octanol–water partition coefficient (Wildman–Crippen LogP) is 3.26. The van der Waals surface area contributed by atoms with Gasteiger partial charge in [-0.3, -0.25) is 14.4 Å². The second kappa shape index (κ2) is 8.11. The van der Waals surface area contributed by atoms with E-state index in [1.807, 2.05) is 6.07 Å².